The Kier molecular flexibility index (Phi) is 11.6. The van der Waals surface area contributed by atoms with Crippen molar-refractivity contribution in [3.63, 3.8) is 0 Å². The highest BCUT2D eigenvalue weighted by atomic mass is 127. The summed E-state index contributed by atoms with van der Waals surface area (Å²) in [5.74, 6) is 1.56. The van der Waals surface area contributed by atoms with Crippen molar-refractivity contribution in [3.8, 4) is 0 Å². The van der Waals surface area contributed by atoms with Gasteiger partial charge in [0.2, 0.25) is 0 Å². The third-order valence-corrected chi connectivity index (χ3v) is 4.25. The number of guanidine groups is 1. The molecule has 1 aromatic rings. The lowest BCUT2D eigenvalue weighted by Gasteiger charge is -2.24. The fraction of sp³-hybridized carbons (Fsp3) is 0.632. The summed E-state index contributed by atoms with van der Waals surface area (Å²) in [6, 6.07) is 8.42. The number of hydrogen-bond acceptors (Lipinski definition) is 4. The summed E-state index contributed by atoms with van der Waals surface area (Å²) in [6.07, 6.45) is 1.14. The smallest absolute Gasteiger partial charge is 0.193 e. The van der Waals surface area contributed by atoms with Crippen molar-refractivity contribution in [3.05, 3.63) is 29.8 Å². The molecule has 2 N–H and O–H groups in total. The Morgan fingerprint density at radius 1 is 1.35 bits per heavy atom. The third-order valence-electron chi connectivity index (χ3n) is 4.25. The number of anilines is 1. The van der Waals surface area contributed by atoms with E-state index in [9.17, 15) is 0 Å². The van der Waals surface area contributed by atoms with Crippen LogP contribution in [0.15, 0.2) is 29.3 Å². The van der Waals surface area contributed by atoms with Crippen LogP contribution in [0.3, 0.4) is 0 Å². The highest BCUT2D eigenvalue weighted by molar-refractivity contribution is 14.0. The Hall–Kier alpha value is -1.06. The zero-order chi connectivity index (χ0) is 17.9. The second-order valence-electron chi connectivity index (χ2n) is 6.40. The lowest BCUT2D eigenvalue weighted by molar-refractivity contribution is 0.181. The van der Waals surface area contributed by atoms with E-state index in [1.807, 2.05) is 0 Å². The minimum atomic E-state index is 0. The Morgan fingerprint density at radius 3 is 2.73 bits per heavy atom. The molecule has 26 heavy (non-hydrogen) atoms. The molecule has 2 rings (SSSR count). The molecule has 0 radical (unpaired) electrons. The van der Waals surface area contributed by atoms with Crippen LogP contribution in [-0.2, 0) is 16.0 Å². The number of aliphatic imine (C=N–C) groups is 1. The van der Waals surface area contributed by atoms with E-state index in [-0.39, 0.29) is 24.0 Å². The van der Waals surface area contributed by atoms with Crippen LogP contribution in [-0.4, -0.2) is 64.5 Å². The second-order valence-corrected chi connectivity index (χ2v) is 6.40. The maximum absolute atomic E-state index is 5.47. The predicted octanol–water partition coefficient (Wildman–Crippen LogP) is 2.80. The first-order valence-corrected chi connectivity index (χ1v) is 9.12. The maximum Gasteiger partial charge on any atom is 0.193 e. The summed E-state index contributed by atoms with van der Waals surface area (Å²) in [5.41, 5.74) is 2.31. The minimum absolute atomic E-state index is 0. The SMILES string of the molecule is CCNC(=NCc1ccc(NCCOC)cc1)N(C)CC1CCOC1.I. The Labute approximate surface area is 174 Å². The number of rotatable bonds is 9. The lowest BCUT2D eigenvalue weighted by Crippen LogP contribution is -2.41. The van der Waals surface area contributed by atoms with E-state index in [1.165, 1.54) is 5.56 Å². The summed E-state index contributed by atoms with van der Waals surface area (Å²) >= 11 is 0. The van der Waals surface area contributed by atoms with Crippen molar-refractivity contribution < 1.29 is 9.47 Å². The van der Waals surface area contributed by atoms with Gasteiger partial charge in [-0.25, -0.2) is 4.99 Å². The van der Waals surface area contributed by atoms with Crippen LogP contribution < -0.4 is 10.6 Å². The largest absolute Gasteiger partial charge is 0.383 e. The number of nitrogens with zero attached hydrogens (tertiary/aromatic N) is 2. The van der Waals surface area contributed by atoms with Gasteiger partial charge < -0.3 is 25.0 Å². The first-order valence-electron chi connectivity index (χ1n) is 9.12. The van der Waals surface area contributed by atoms with Gasteiger partial charge in [0.1, 0.15) is 0 Å². The van der Waals surface area contributed by atoms with Gasteiger partial charge in [0.25, 0.3) is 0 Å². The Morgan fingerprint density at radius 2 is 2.12 bits per heavy atom. The predicted molar refractivity (Wildman–Crippen MR) is 119 cm³/mol. The number of benzene rings is 1. The number of halogens is 1. The van der Waals surface area contributed by atoms with E-state index in [4.69, 9.17) is 14.5 Å². The molecule has 1 aliphatic heterocycles. The zero-order valence-corrected chi connectivity index (χ0v) is 18.5. The van der Waals surface area contributed by atoms with E-state index < -0.39 is 0 Å². The molecule has 1 atom stereocenters. The van der Waals surface area contributed by atoms with Crippen LogP contribution >= 0.6 is 24.0 Å². The quantitative estimate of drug-likeness (QED) is 0.249. The molecule has 1 unspecified atom stereocenters. The van der Waals surface area contributed by atoms with Crippen molar-refractivity contribution >= 4 is 35.6 Å². The van der Waals surface area contributed by atoms with Crippen molar-refractivity contribution in [1.29, 1.82) is 0 Å². The van der Waals surface area contributed by atoms with E-state index in [0.29, 0.717) is 19.1 Å². The fourth-order valence-electron chi connectivity index (χ4n) is 2.86. The Bertz CT molecular complexity index is 519. The van der Waals surface area contributed by atoms with E-state index >= 15 is 0 Å². The number of nitrogens with one attached hydrogen (secondary N) is 2. The Balaban J connectivity index is 0.00000338. The van der Waals surface area contributed by atoms with Gasteiger partial charge in [0.05, 0.1) is 19.8 Å². The molecule has 1 aromatic carbocycles. The van der Waals surface area contributed by atoms with Crippen molar-refractivity contribution in [2.24, 2.45) is 10.9 Å². The van der Waals surface area contributed by atoms with Crippen molar-refractivity contribution in [2.45, 2.75) is 19.9 Å². The zero-order valence-electron chi connectivity index (χ0n) is 16.2. The van der Waals surface area contributed by atoms with E-state index in [1.54, 1.807) is 7.11 Å². The number of hydrogen-bond donors (Lipinski definition) is 2. The second kappa shape index (κ2) is 13.2. The molecule has 0 bridgehead atoms. The third kappa shape index (κ3) is 8.09. The molecule has 148 valence electrons. The lowest BCUT2D eigenvalue weighted by atomic mass is 10.1. The minimum Gasteiger partial charge on any atom is -0.383 e. The summed E-state index contributed by atoms with van der Waals surface area (Å²) < 4.78 is 10.5. The van der Waals surface area contributed by atoms with Crippen LogP contribution in [0.1, 0.15) is 18.9 Å². The highest BCUT2D eigenvalue weighted by Crippen LogP contribution is 2.14. The van der Waals surface area contributed by atoms with Crippen molar-refractivity contribution in [2.75, 3.05) is 58.9 Å². The van der Waals surface area contributed by atoms with Gasteiger partial charge in [-0.15, -0.1) is 24.0 Å². The van der Waals surface area contributed by atoms with Crippen molar-refractivity contribution in [1.82, 2.24) is 10.2 Å². The van der Waals surface area contributed by atoms with Gasteiger partial charge in [0.15, 0.2) is 5.96 Å². The molecular weight excluding hydrogens is 443 g/mol. The molecule has 1 aliphatic rings. The van der Waals surface area contributed by atoms with Crippen LogP contribution in [0.4, 0.5) is 5.69 Å². The monoisotopic (exact) mass is 476 g/mol. The van der Waals surface area contributed by atoms with Gasteiger partial charge >= 0.3 is 0 Å². The van der Waals surface area contributed by atoms with Gasteiger partial charge in [-0.1, -0.05) is 12.1 Å². The van der Waals surface area contributed by atoms with Crippen LogP contribution in [0.25, 0.3) is 0 Å². The molecule has 1 heterocycles. The van der Waals surface area contributed by atoms with Gasteiger partial charge in [-0.2, -0.15) is 0 Å². The molecule has 0 aromatic heterocycles. The van der Waals surface area contributed by atoms with Crippen LogP contribution in [0.5, 0.6) is 0 Å². The average Bonchev–Trinajstić information content (AvgIpc) is 3.13. The summed E-state index contributed by atoms with van der Waals surface area (Å²) in [5, 5.41) is 6.70. The topological polar surface area (TPSA) is 58.1 Å². The fourth-order valence-corrected chi connectivity index (χ4v) is 2.86. The first-order chi connectivity index (χ1) is 12.2. The molecule has 1 fully saturated rings. The molecule has 0 amide bonds. The molecular formula is C19H33IN4O2. The summed E-state index contributed by atoms with van der Waals surface area (Å²) in [7, 11) is 3.81. The van der Waals surface area contributed by atoms with Gasteiger partial charge in [-0.05, 0) is 31.0 Å². The average molecular weight is 476 g/mol. The summed E-state index contributed by atoms with van der Waals surface area (Å²) in [4.78, 5) is 6.99. The number of ether oxygens (including phenoxy) is 2. The maximum atomic E-state index is 5.47. The van der Waals surface area contributed by atoms with Crippen LogP contribution in [0.2, 0.25) is 0 Å². The standard InChI is InChI=1S/C19H32N4O2.HI/c1-4-20-19(23(2)14-17-9-11-25-15-17)22-13-16-5-7-18(8-6-16)21-10-12-24-3;/h5-8,17,21H,4,9-15H2,1-3H3,(H,20,22);1H. The van der Waals surface area contributed by atoms with E-state index in [2.05, 4.69) is 53.8 Å². The first kappa shape index (κ1) is 23.0. The molecule has 6 nitrogen and oxygen atoms in total. The number of methoxy groups -OCH3 is 1. The molecule has 7 heteroatoms. The normalized spacial score (nSPS) is 16.9. The van der Waals surface area contributed by atoms with Gasteiger partial charge in [-0.3, -0.25) is 0 Å². The summed E-state index contributed by atoms with van der Waals surface area (Å²) in [6.45, 7) is 7.89. The van der Waals surface area contributed by atoms with E-state index in [0.717, 1.165) is 50.9 Å². The molecule has 1 saturated heterocycles. The highest BCUT2D eigenvalue weighted by Gasteiger charge is 2.18. The van der Waals surface area contributed by atoms with Crippen LogP contribution in [0, 0.1) is 5.92 Å². The molecule has 0 aliphatic carbocycles. The molecule has 0 saturated carbocycles. The van der Waals surface area contributed by atoms with Gasteiger partial charge in [0, 0.05) is 52.0 Å². The molecule has 0 spiro atoms.